The van der Waals surface area contributed by atoms with E-state index in [-0.39, 0.29) is 31.6 Å². The van der Waals surface area contributed by atoms with E-state index in [0.29, 0.717) is 22.7 Å². The number of carbonyl (C=O) groups is 2. The molecule has 0 bridgehead atoms. The zero-order chi connectivity index (χ0) is 23.3. The average Bonchev–Trinajstić information content (AvgIpc) is 3.22. The molecule has 0 aliphatic carbocycles. The molecule has 9 heteroatoms. The summed E-state index contributed by atoms with van der Waals surface area (Å²) in [6, 6.07) is 9.34. The molecule has 2 aliphatic heterocycles. The second-order valence-corrected chi connectivity index (χ2v) is 7.83. The molecule has 1 amide bonds. The third-order valence-electron chi connectivity index (χ3n) is 6.04. The molecule has 1 unspecified atom stereocenters. The van der Waals surface area contributed by atoms with Crippen molar-refractivity contribution in [2.24, 2.45) is 0 Å². The standard InChI is InChI=1S/C24H22N2O7/c1-3-32-24(30)17-10-13-6-4-5-7-16(13)26(17)23(29)19-21(27)15-11-14(31-2)12-18-20(15)25(22(19)28)8-9-33-18/h4-7,11-12,17,27H,3,8-10H2,1-2H3. The first-order valence-corrected chi connectivity index (χ1v) is 10.6. The van der Waals surface area contributed by atoms with Crippen LogP contribution < -0.4 is 19.9 Å². The van der Waals surface area contributed by atoms with Gasteiger partial charge in [0.25, 0.3) is 11.5 Å². The fraction of sp³-hybridized carbons (Fsp3) is 0.292. The number of fused-ring (bicyclic) bond motifs is 1. The van der Waals surface area contributed by atoms with Crippen LogP contribution in [-0.2, 0) is 22.5 Å². The number of benzene rings is 2. The van der Waals surface area contributed by atoms with Crippen molar-refractivity contribution in [3.8, 4) is 17.2 Å². The molecule has 0 saturated carbocycles. The number of nitrogens with zero attached hydrogens (tertiary/aromatic N) is 2. The Kier molecular flexibility index (Phi) is 4.96. The van der Waals surface area contributed by atoms with Crippen molar-refractivity contribution in [2.45, 2.75) is 25.9 Å². The lowest BCUT2D eigenvalue weighted by molar-refractivity contribution is -0.144. The van der Waals surface area contributed by atoms with E-state index in [9.17, 15) is 19.5 Å². The van der Waals surface area contributed by atoms with E-state index in [1.807, 2.05) is 12.1 Å². The van der Waals surface area contributed by atoms with Gasteiger partial charge in [0.05, 0.1) is 25.8 Å². The largest absolute Gasteiger partial charge is 0.506 e. The van der Waals surface area contributed by atoms with Crippen LogP contribution in [0.2, 0.25) is 0 Å². The van der Waals surface area contributed by atoms with E-state index in [4.69, 9.17) is 14.2 Å². The number of esters is 1. The molecule has 0 radical (unpaired) electrons. The highest BCUT2D eigenvalue weighted by Gasteiger charge is 2.42. The van der Waals surface area contributed by atoms with E-state index >= 15 is 0 Å². The number of amides is 1. The summed E-state index contributed by atoms with van der Waals surface area (Å²) in [5.74, 6) is -1.01. The van der Waals surface area contributed by atoms with E-state index in [2.05, 4.69) is 0 Å². The van der Waals surface area contributed by atoms with Crippen molar-refractivity contribution in [3.63, 3.8) is 0 Å². The van der Waals surface area contributed by atoms with Gasteiger partial charge >= 0.3 is 5.97 Å². The Morgan fingerprint density at radius 2 is 2.03 bits per heavy atom. The number of para-hydroxylation sites is 1. The highest BCUT2D eigenvalue weighted by Crippen LogP contribution is 2.40. The van der Waals surface area contributed by atoms with E-state index in [1.165, 1.54) is 16.6 Å². The molecule has 2 aromatic carbocycles. The minimum atomic E-state index is -0.935. The van der Waals surface area contributed by atoms with Gasteiger partial charge < -0.3 is 23.9 Å². The number of ether oxygens (including phenoxy) is 3. The van der Waals surface area contributed by atoms with Crippen LogP contribution in [0.25, 0.3) is 10.9 Å². The molecule has 0 saturated heterocycles. The van der Waals surface area contributed by atoms with E-state index < -0.39 is 34.8 Å². The summed E-state index contributed by atoms with van der Waals surface area (Å²) >= 11 is 0. The minimum absolute atomic E-state index is 0.157. The molecule has 0 fully saturated rings. The summed E-state index contributed by atoms with van der Waals surface area (Å²) in [5, 5.41) is 11.4. The number of rotatable bonds is 4. The van der Waals surface area contributed by atoms with E-state index in [1.54, 1.807) is 31.2 Å². The van der Waals surface area contributed by atoms with Crippen LogP contribution in [0.3, 0.4) is 0 Å². The molecule has 170 valence electrons. The molecule has 9 nitrogen and oxygen atoms in total. The number of aromatic nitrogens is 1. The Morgan fingerprint density at radius 3 is 2.79 bits per heavy atom. The molecular weight excluding hydrogens is 428 g/mol. The van der Waals surface area contributed by atoms with Crippen LogP contribution >= 0.6 is 0 Å². The number of methoxy groups -OCH3 is 1. The molecule has 1 atom stereocenters. The minimum Gasteiger partial charge on any atom is -0.506 e. The predicted molar refractivity (Wildman–Crippen MR) is 119 cm³/mol. The molecule has 0 spiro atoms. The van der Waals surface area contributed by atoms with Gasteiger partial charge in [-0.2, -0.15) is 0 Å². The van der Waals surface area contributed by atoms with Crippen LogP contribution in [0, 0.1) is 0 Å². The van der Waals surface area contributed by atoms with Crippen molar-refractivity contribution in [3.05, 3.63) is 57.9 Å². The van der Waals surface area contributed by atoms with Gasteiger partial charge in [-0.25, -0.2) is 4.79 Å². The molecule has 3 aromatic rings. The molecular formula is C24H22N2O7. The summed E-state index contributed by atoms with van der Waals surface area (Å²) in [7, 11) is 1.47. The fourth-order valence-corrected chi connectivity index (χ4v) is 4.58. The van der Waals surface area contributed by atoms with Gasteiger partial charge in [-0.05, 0) is 24.6 Å². The van der Waals surface area contributed by atoms with Crippen LogP contribution in [0.5, 0.6) is 17.2 Å². The van der Waals surface area contributed by atoms with Gasteiger partial charge in [0.2, 0.25) is 0 Å². The zero-order valence-corrected chi connectivity index (χ0v) is 18.2. The van der Waals surface area contributed by atoms with Crippen molar-refractivity contribution < 1.29 is 28.9 Å². The summed E-state index contributed by atoms with van der Waals surface area (Å²) in [6.07, 6.45) is 0.259. The molecule has 5 rings (SSSR count). The summed E-state index contributed by atoms with van der Waals surface area (Å²) in [5.41, 5.74) is 0.627. The SMILES string of the molecule is CCOC(=O)C1Cc2ccccc2N1C(=O)c1c(O)c2cc(OC)cc3c2n(c1=O)CCO3. The quantitative estimate of drug-likeness (QED) is 0.608. The van der Waals surface area contributed by atoms with Crippen molar-refractivity contribution >= 4 is 28.5 Å². The maximum atomic E-state index is 13.8. The van der Waals surface area contributed by atoms with Gasteiger partial charge in [0.1, 0.15) is 35.5 Å². The number of carbonyl (C=O) groups excluding carboxylic acids is 2. The molecule has 1 aromatic heterocycles. The first-order chi connectivity index (χ1) is 16.0. The van der Waals surface area contributed by atoms with Crippen LogP contribution in [0.15, 0.2) is 41.2 Å². The first kappa shape index (κ1) is 20.9. The second kappa shape index (κ2) is 7.84. The van der Waals surface area contributed by atoms with Gasteiger partial charge in [-0.1, -0.05) is 18.2 Å². The Labute approximate surface area is 188 Å². The van der Waals surface area contributed by atoms with Crippen molar-refractivity contribution in [1.29, 1.82) is 0 Å². The Morgan fingerprint density at radius 1 is 1.24 bits per heavy atom. The van der Waals surface area contributed by atoms with Crippen LogP contribution in [0.1, 0.15) is 22.8 Å². The van der Waals surface area contributed by atoms with Gasteiger partial charge in [-0.3, -0.25) is 14.5 Å². The predicted octanol–water partition coefficient (Wildman–Crippen LogP) is 2.24. The number of hydrogen-bond acceptors (Lipinski definition) is 7. The molecule has 33 heavy (non-hydrogen) atoms. The molecule has 1 N–H and O–H groups in total. The van der Waals surface area contributed by atoms with Gasteiger partial charge in [0.15, 0.2) is 0 Å². The number of pyridine rings is 1. The van der Waals surface area contributed by atoms with Gasteiger partial charge in [-0.15, -0.1) is 0 Å². The normalized spacial score (nSPS) is 16.3. The molecule has 3 heterocycles. The summed E-state index contributed by atoms with van der Waals surface area (Å²) < 4.78 is 17.6. The monoisotopic (exact) mass is 450 g/mol. The topological polar surface area (TPSA) is 107 Å². The van der Waals surface area contributed by atoms with Gasteiger partial charge in [0, 0.05) is 23.6 Å². The number of aromatic hydroxyl groups is 1. The highest BCUT2D eigenvalue weighted by molar-refractivity contribution is 6.14. The Balaban J connectivity index is 1.73. The second-order valence-electron chi connectivity index (χ2n) is 7.83. The van der Waals surface area contributed by atoms with Crippen molar-refractivity contribution in [1.82, 2.24) is 4.57 Å². The fourth-order valence-electron chi connectivity index (χ4n) is 4.58. The lowest BCUT2D eigenvalue weighted by atomic mass is 10.1. The van der Waals surface area contributed by atoms with E-state index in [0.717, 1.165) is 5.56 Å². The smallest absolute Gasteiger partial charge is 0.329 e. The highest BCUT2D eigenvalue weighted by atomic mass is 16.5. The number of hydrogen-bond donors (Lipinski definition) is 1. The maximum absolute atomic E-state index is 13.8. The lowest BCUT2D eigenvalue weighted by Crippen LogP contribution is -2.46. The number of anilines is 1. The Hall–Kier alpha value is -4.01. The zero-order valence-electron chi connectivity index (χ0n) is 18.2. The third kappa shape index (κ3) is 3.11. The average molecular weight is 450 g/mol. The molecule has 2 aliphatic rings. The first-order valence-electron chi connectivity index (χ1n) is 10.6. The third-order valence-corrected chi connectivity index (χ3v) is 6.04. The van der Waals surface area contributed by atoms with Crippen molar-refractivity contribution in [2.75, 3.05) is 25.2 Å². The summed E-state index contributed by atoms with van der Waals surface area (Å²) in [4.78, 5) is 41.2. The van der Waals surface area contributed by atoms with Crippen LogP contribution in [-0.4, -0.2) is 47.9 Å². The lowest BCUT2D eigenvalue weighted by Gasteiger charge is -2.26. The maximum Gasteiger partial charge on any atom is 0.329 e. The summed E-state index contributed by atoms with van der Waals surface area (Å²) in [6.45, 7) is 2.29. The Bertz CT molecular complexity index is 1360. The van der Waals surface area contributed by atoms with Crippen LogP contribution in [0.4, 0.5) is 5.69 Å².